The highest BCUT2D eigenvalue weighted by Gasteiger charge is 2.49. The van der Waals surface area contributed by atoms with Crippen LogP contribution in [0.1, 0.15) is 31.2 Å². The first-order valence-electron chi connectivity index (χ1n) is 14.1. The lowest BCUT2D eigenvalue weighted by Gasteiger charge is -2.31. The molecule has 0 aliphatic carbocycles. The standard InChI is InChI=1S/C32H28F3N5O2/c1-2-22-25(34)8-7-19-13-21(41)14-23(26(19)22)28-27(35)29-24(16-36-28)30(39-10-4-3-5-11-39)38-31(37-29)42-18-32-9-6-12-40(32)17-20(33)15-32/h1,3-4,7-8,13-14,16,20,41H,5-6,9-12,15,17-18H2/t20-,32+/m1/s1. The number of ether oxygens (including phenoxy) is 1. The number of alkyl halides is 1. The molecule has 3 aliphatic rings. The molecule has 7 rings (SSSR count). The van der Waals surface area contributed by atoms with Crippen LogP contribution in [-0.2, 0) is 0 Å². The minimum absolute atomic E-state index is 0.0113. The van der Waals surface area contributed by atoms with Crippen molar-refractivity contribution in [3.8, 4) is 35.4 Å². The van der Waals surface area contributed by atoms with Crippen molar-refractivity contribution in [3.63, 3.8) is 0 Å². The van der Waals surface area contributed by atoms with E-state index in [0.717, 1.165) is 25.8 Å². The zero-order valence-corrected chi connectivity index (χ0v) is 22.8. The smallest absolute Gasteiger partial charge is 0.319 e. The average molecular weight is 572 g/mol. The second kappa shape index (κ2) is 10.2. The monoisotopic (exact) mass is 571 g/mol. The summed E-state index contributed by atoms with van der Waals surface area (Å²) in [6.07, 6.45) is 13.2. The van der Waals surface area contributed by atoms with Crippen LogP contribution in [0.5, 0.6) is 11.8 Å². The number of aromatic hydroxyl groups is 1. The average Bonchev–Trinajstić information content (AvgIpc) is 3.52. The molecule has 2 saturated heterocycles. The lowest BCUT2D eigenvalue weighted by atomic mass is 9.95. The lowest BCUT2D eigenvalue weighted by molar-refractivity contribution is 0.107. The van der Waals surface area contributed by atoms with Crippen molar-refractivity contribution < 1.29 is 23.0 Å². The number of nitrogens with zero attached hydrogens (tertiary/aromatic N) is 5. The molecule has 2 aromatic heterocycles. The fraction of sp³-hybridized carbons (Fsp3) is 0.344. The largest absolute Gasteiger partial charge is 0.508 e. The third-order valence-electron chi connectivity index (χ3n) is 8.68. The number of anilines is 1. The van der Waals surface area contributed by atoms with Crippen LogP contribution in [0, 0.1) is 24.0 Å². The van der Waals surface area contributed by atoms with Crippen LogP contribution >= 0.6 is 0 Å². The van der Waals surface area contributed by atoms with Gasteiger partial charge in [-0.25, -0.2) is 13.2 Å². The first kappa shape index (κ1) is 26.5. The maximum atomic E-state index is 16.6. The van der Waals surface area contributed by atoms with Crippen LogP contribution in [0.3, 0.4) is 0 Å². The number of hydrogen-bond acceptors (Lipinski definition) is 7. The molecule has 0 saturated carbocycles. The second-order valence-electron chi connectivity index (χ2n) is 11.2. The van der Waals surface area contributed by atoms with E-state index < -0.39 is 23.3 Å². The molecule has 42 heavy (non-hydrogen) atoms. The molecule has 10 heteroatoms. The van der Waals surface area contributed by atoms with Gasteiger partial charge in [0.15, 0.2) is 5.82 Å². The Kier molecular flexibility index (Phi) is 6.43. The number of aromatic nitrogens is 3. The van der Waals surface area contributed by atoms with E-state index >= 15 is 4.39 Å². The van der Waals surface area contributed by atoms with Gasteiger partial charge in [0.2, 0.25) is 0 Å². The summed E-state index contributed by atoms with van der Waals surface area (Å²) in [7, 11) is 0. The molecular weight excluding hydrogens is 543 g/mol. The van der Waals surface area contributed by atoms with Gasteiger partial charge >= 0.3 is 6.01 Å². The molecule has 2 fully saturated rings. The molecule has 4 aromatic rings. The molecule has 5 heterocycles. The fourth-order valence-electron chi connectivity index (χ4n) is 6.75. The maximum Gasteiger partial charge on any atom is 0.319 e. The Morgan fingerprint density at radius 1 is 1.17 bits per heavy atom. The van der Waals surface area contributed by atoms with Gasteiger partial charge in [-0.2, -0.15) is 9.97 Å². The van der Waals surface area contributed by atoms with E-state index in [1.54, 1.807) is 0 Å². The van der Waals surface area contributed by atoms with E-state index in [2.05, 4.69) is 31.8 Å². The number of terminal acetylenes is 1. The van der Waals surface area contributed by atoms with Gasteiger partial charge in [-0.15, -0.1) is 6.42 Å². The Hall–Kier alpha value is -4.36. The van der Waals surface area contributed by atoms with E-state index in [-0.39, 0.29) is 46.1 Å². The van der Waals surface area contributed by atoms with E-state index in [0.29, 0.717) is 42.6 Å². The Morgan fingerprint density at radius 2 is 2.05 bits per heavy atom. The molecular formula is C32H28F3N5O2. The molecule has 2 atom stereocenters. The highest BCUT2D eigenvalue weighted by Crippen LogP contribution is 2.41. The number of rotatable bonds is 5. The number of benzene rings is 2. The Bertz CT molecular complexity index is 1810. The SMILES string of the molecule is C#Cc1c(F)ccc2cc(O)cc(-c3ncc4c(N5CC=CCC5)nc(OC[C@@]56CCCN5C[C@H](F)C6)nc4c3F)c12. The van der Waals surface area contributed by atoms with Crippen LogP contribution in [0.4, 0.5) is 19.0 Å². The molecule has 0 amide bonds. The summed E-state index contributed by atoms with van der Waals surface area (Å²) in [5, 5.41) is 11.5. The van der Waals surface area contributed by atoms with Crippen molar-refractivity contribution in [2.24, 2.45) is 0 Å². The molecule has 0 radical (unpaired) electrons. The quantitative estimate of drug-likeness (QED) is 0.249. The Morgan fingerprint density at radius 3 is 2.86 bits per heavy atom. The first-order chi connectivity index (χ1) is 20.4. The molecule has 0 bridgehead atoms. The minimum Gasteiger partial charge on any atom is -0.508 e. The summed E-state index contributed by atoms with van der Waals surface area (Å²) in [5.41, 5.74) is -0.513. The van der Waals surface area contributed by atoms with E-state index in [4.69, 9.17) is 11.2 Å². The summed E-state index contributed by atoms with van der Waals surface area (Å²) >= 11 is 0. The zero-order chi connectivity index (χ0) is 29.0. The Labute approximate surface area is 240 Å². The fourth-order valence-corrected chi connectivity index (χ4v) is 6.75. The number of halogens is 3. The van der Waals surface area contributed by atoms with E-state index in [9.17, 15) is 13.9 Å². The highest BCUT2D eigenvalue weighted by atomic mass is 19.1. The van der Waals surface area contributed by atoms with E-state index in [1.807, 2.05) is 11.0 Å². The summed E-state index contributed by atoms with van der Waals surface area (Å²) in [6.45, 7) is 2.62. The second-order valence-corrected chi connectivity index (χ2v) is 11.2. The van der Waals surface area contributed by atoms with E-state index in [1.165, 1.54) is 30.5 Å². The van der Waals surface area contributed by atoms with Crippen LogP contribution in [0.15, 0.2) is 42.6 Å². The number of pyridine rings is 1. The number of fused-ring (bicyclic) bond motifs is 3. The normalized spacial score (nSPS) is 22.1. The van der Waals surface area contributed by atoms with Gasteiger partial charge in [0.05, 0.1) is 16.5 Å². The summed E-state index contributed by atoms with van der Waals surface area (Å²) in [6, 6.07) is 5.42. The molecule has 0 unspecified atom stereocenters. The van der Waals surface area contributed by atoms with Crippen LogP contribution in [-0.4, -0.2) is 69.5 Å². The van der Waals surface area contributed by atoms with Crippen LogP contribution in [0.25, 0.3) is 32.9 Å². The first-order valence-corrected chi connectivity index (χ1v) is 14.1. The minimum atomic E-state index is -0.914. The molecule has 2 aromatic carbocycles. The number of phenols is 1. The summed E-state index contributed by atoms with van der Waals surface area (Å²) in [5.74, 6) is 1.26. The molecule has 3 aliphatic heterocycles. The van der Waals surface area contributed by atoms with Crippen molar-refractivity contribution in [2.45, 2.75) is 37.4 Å². The third kappa shape index (κ3) is 4.31. The van der Waals surface area contributed by atoms with Gasteiger partial charge in [-0.3, -0.25) is 9.88 Å². The van der Waals surface area contributed by atoms with Crippen molar-refractivity contribution in [3.05, 3.63) is 59.8 Å². The van der Waals surface area contributed by atoms with Crippen LogP contribution < -0.4 is 9.64 Å². The predicted octanol–water partition coefficient (Wildman–Crippen LogP) is 5.53. The van der Waals surface area contributed by atoms with Gasteiger partial charge in [0.1, 0.15) is 41.4 Å². The van der Waals surface area contributed by atoms with Gasteiger partial charge in [0.25, 0.3) is 0 Å². The molecule has 0 spiro atoms. The number of hydrogen-bond donors (Lipinski definition) is 1. The van der Waals surface area contributed by atoms with Gasteiger partial charge in [-0.1, -0.05) is 24.1 Å². The van der Waals surface area contributed by atoms with Crippen LogP contribution in [0.2, 0.25) is 0 Å². The Balaban J connectivity index is 1.38. The predicted molar refractivity (Wildman–Crippen MR) is 154 cm³/mol. The van der Waals surface area contributed by atoms with Gasteiger partial charge < -0.3 is 14.7 Å². The highest BCUT2D eigenvalue weighted by molar-refractivity contribution is 6.03. The molecule has 1 N–H and O–H groups in total. The molecule has 7 nitrogen and oxygen atoms in total. The third-order valence-corrected chi connectivity index (χ3v) is 8.68. The van der Waals surface area contributed by atoms with Crippen molar-refractivity contribution in [1.29, 1.82) is 0 Å². The van der Waals surface area contributed by atoms with Gasteiger partial charge in [-0.05, 0) is 49.4 Å². The lowest BCUT2D eigenvalue weighted by Crippen LogP contribution is -2.43. The topological polar surface area (TPSA) is 74.6 Å². The number of phenolic OH excluding ortho intramolecular Hbond substituents is 1. The van der Waals surface area contributed by atoms with Crippen molar-refractivity contribution in [1.82, 2.24) is 19.9 Å². The maximum absolute atomic E-state index is 16.6. The molecule has 214 valence electrons. The summed E-state index contributed by atoms with van der Waals surface area (Å²) in [4.78, 5) is 17.7. The van der Waals surface area contributed by atoms with Crippen molar-refractivity contribution in [2.75, 3.05) is 37.7 Å². The zero-order valence-electron chi connectivity index (χ0n) is 22.8. The summed E-state index contributed by atoms with van der Waals surface area (Å²) < 4.78 is 51.8. The van der Waals surface area contributed by atoms with Gasteiger partial charge in [0, 0.05) is 43.2 Å². The van der Waals surface area contributed by atoms with Crippen molar-refractivity contribution >= 4 is 27.5 Å².